The molecule has 2 rings (SSSR count). The molecule has 0 spiro atoms. The highest BCUT2D eigenvalue weighted by Crippen LogP contribution is 2.17. The molecule has 22 heavy (non-hydrogen) atoms. The maximum Gasteiger partial charge on any atom is 0.242 e. The Hall–Kier alpha value is -1.95. The number of anilines is 1. The molecule has 6 heteroatoms. The maximum atomic E-state index is 12.6. The van der Waals surface area contributed by atoms with Crippen LogP contribution in [0.3, 0.4) is 0 Å². The van der Waals surface area contributed by atoms with E-state index in [4.69, 9.17) is 4.52 Å². The first-order chi connectivity index (χ1) is 10.5. The van der Waals surface area contributed by atoms with Gasteiger partial charge >= 0.3 is 0 Å². The zero-order chi connectivity index (χ0) is 16.1. The summed E-state index contributed by atoms with van der Waals surface area (Å²) in [5.41, 5.74) is 1.56. The van der Waals surface area contributed by atoms with Crippen LogP contribution in [0.4, 0.5) is 5.69 Å². The van der Waals surface area contributed by atoms with Gasteiger partial charge in [0.25, 0.3) is 0 Å². The van der Waals surface area contributed by atoms with E-state index in [0.29, 0.717) is 12.3 Å². The summed E-state index contributed by atoms with van der Waals surface area (Å²) in [6, 6.07) is 11.1. The molecular formula is C16H20N2O3S. The molecule has 2 atom stereocenters. The molecule has 1 amide bonds. The Morgan fingerprint density at radius 1 is 1.36 bits per heavy atom. The van der Waals surface area contributed by atoms with E-state index in [-0.39, 0.29) is 11.7 Å². The molecule has 0 saturated heterocycles. The van der Waals surface area contributed by atoms with Crippen LogP contribution in [0, 0.1) is 6.92 Å². The van der Waals surface area contributed by atoms with Crippen molar-refractivity contribution in [1.29, 1.82) is 0 Å². The second kappa shape index (κ2) is 7.35. The minimum Gasteiger partial charge on any atom is -0.360 e. The number of aromatic nitrogens is 1. The highest BCUT2D eigenvalue weighted by Gasteiger charge is 2.26. The Bertz CT molecular complexity index is 654. The third kappa shape index (κ3) is 3.82. The molecule has 0 saturated carbocycles. The van der Waals surface area contributed by atoms with Crippen molar-refractivity contribution in [3.8, 4) is 0 Å². The summed E-state index contributed by atoms with van der Waals surface area (Å²) in [6.45, 7) is 5.93. The van der Waals surface area contributed by atoms with E-state index in [2.05, 4.69) is 5.16 Å². The number of carbonyl (C=O) groups excluding carboxylic acids is 1. The Balaban J connectivity index is 2.08. The van der Waals surface area contributed by atoms with Gasteiger partial charge in [0.05, 0.1) is 11.4 Å². The highest BCUT2D eigenvalue weighted by molar-refractivity contribution is 7.85. The van der Waals surface area contributed by atoms with Crippen LogP contribution in [0.25, 0.3) is 0 Å². The molecule has 0 fully saturated rings. The molecular weight excluding hydrogens is 300 g/mol. The molecule has 1 aromatic heterocycles. The van der Waals surface area contributed by atoms with Crippen molar-refractivity contribution in [1.82, 2.24) is 5.16 Å². The standard InChI is InChI=1S/C16H20N2O3S/c1-4-18(14-8-6-5-7-9-14)16(19)13(3)22(20)11-15-10-12(2)17-21-15/h5-10,13H,4,11H2,1-3H3/t13-,22-/m0/s1. The molecule has 2 aromatic rings. The summed E-state index contributed by atoms with van der Waals surface area (Å²) in [7, 11) is -1.35. The van der Waals surface area contributed by atoms with Crippen molar-refractivity contribution in [3.05, 3.63) is 47.9 Å². The van der Waals surface area contributed by atoms with E-state index in [0.717, 1.165) is 11.4 Å². The van der Waals surface area contributed by atoms with Gasteiger partial charge in [-0.15, -0.1) is 0 Å². The van der Waals surface area contributed by atoms with Gasteiger partial charge in [0.2, 0.25) is 5.91 Å². The predicted molar refractivity (Wildman–Crippen MR) is 87.0 cm³/mol. The second-order valence-corrected chi connectivity index (χ2v) is 6.78. The third-order valence-electron chi connectivity index (χ3n) is 3.35. The van der Waals surface area contributed by atoms with Crippen molar-refractivity contribution >= 4 is 22.4 Å². The third-order valence-corrected chi connectivity index (χ3v) is 4.91. The Kier molecular flexibility index (Phi) is 5.49. The fourth-order valence-electron chi connectivity index (χ4n) is 2.16. The average Bonchev–Trinajstić information content (AvgIpc) is 2.93. The molecule has 0 bridgehead atoms. The van der Waals surface area contributed by atoms with Crippen molar-refractivity contribution in [3.63, 3.8) is 0 Å². The van der Waals surface area contributed by atoms with Gasteiger partial charge in [-0.25, -0.2) is 0 Å². The van der Waals surface area contributed by atoms with Crippen LogP contribution in [0.15, 0.2) is 40.9 Å². The van der Waals surface area contributed by atoms with Gasteiger partial charge in [-0.3, -0.25) is 9.00 Å². The first-order valence-electron chi connectivity index (χ1n) is 7.18. The van der Waals surface area contributed by atoms with Crippen LogP contribution >= 0.6 is 0 Å². The number of amides is 1. The molecule has 0 aliphatic heterocycles. The number of para-hydroxylation sites is 1. The van der Waals surface area contributed by atoms with Gasteiger partial charge in [0.1, 0.15) is 11.0 Å². The number of hydrogen-bond donors (Lipinski definition) is 0. The van der Waals surface area contributed by atoms with E-state index in [1.807, 2.05) is 37.3 Å². The minimum absolute atomic E-state index is 0.150. The SMILES string of the molecule is CCN(C(=O)[C@H](C)[S@@](=O)Cc1cc(C)no1)c1ccccc1. The Labute approximate surface area is 132 Å². The lowest BCUT2D eigenvalue weighted by atomic mass is 10.2. The van der Waals surface area contributed by atoms with Gasteiger partial charge in [0, 0.05) is 29.1 Å². The fraction of sp³-hybridized carbons (Fsp3) is 0.375. The number of aryl methyl sites for hydroxylation is 1. The van der Waals surface area contributed by atoms with E-state index in [1.165, 1.54) is 0 Å². The van der Waals surface area contributed by atoms with Crippen LogP contribution in [0.5, 0.6) is 0 Å². The zero-order valence-electron chi connectivity index (χ0n) is 13.0. The zero-order valence-corrected chi connectivity index (χ0v) is 13.8. The first kappa shape index (κ1) is 16.4. The van der Waals surface area contributed by atoms with Crippen molar-refractivity contribution < 1.29 is 13.5 Å². The number of nitrogens with zero attached hydrogens (tertiary/aromatic N) is 2. The lowest BCUT2D eigenvalue weighted by Gasteiger charge is -2.24. The molecule has 0 unspecified atom stereocenters. The van der Waals surface area contributed by atoms with Crippen molar-refractivity contribution in [2.24, 2.45) is 0 Å². The topological polar surface area (TPSA) is 63.4 Å². The molecule has 1 aromatic carbocycles. The summed E-state index contributed by atoms with van der Waals surface area (Å²) in [4.78, 5) is 14.2. The Morgan fingerprint density at radius 2 is 2.05 bits per heavy atom. The monoisotopic (exact) mass is 320 g/mol. The molecule has 5 nitrogen and oxygen atoms in total. The summed E-state index contributed by atoms with van der Waals surface area (Å²) in [6.07, 6.45) is 0. The first-order valence-corrected chi connectivity index (χ1v) is 8.57. The minimum atomic E-state index is -1.35. The Morgan fingerprint density at radius 3 is 2.59 bits per heavy atom. The van der Waals surface area contributed by atoms with Gasteiger partial charge in [-0.05, 0) is 32.9 Å². The summed E-state index contributed by atoms with van der Waals surface area (Å²) >= 11 is 0. The molecule has 0 radical (unpaired) electrons. The summed E-state index contributed by atoms with van der Waals surface area (Å²) in [5.74, 6) is 0.585. The summed E-state index contributed by atoms with van der Waals surface area (Å²) in [5, 5.41) is 3.16. The predicted octanol–water partition coefficient (Wildman–Crippen LogP) is 2.67. The lowest BCUT2D eigenvalue weighted by Crippen LogP contribution is -2.40. The van der Waals surface area contributed by atoms with Gasteiger partial charge in [-0.1, -0.05) is 23.4 Å². The van der Waals surface area contributed by atoms with Crippen LogP contribution in [-0.2, 0) is 21.3 Å². The van der Waals surface area contributed by atoms with E-state index < -0.39 is 16.0 Å². The lowest BCUT2D eigenvalue weighted by molar-refractivity contribution is -0.117. The van der Waals surface area contributed by atoms with Gasteiger partial charge in [-0.2, -0.15) is 0 Å². The number of rotatable bonds is 6. The van der Waals surface area contributed by atoms with Crippen LogP contribution in [-0.4, -0.2) is 27.1 Å². The number of carbonyl (C=O) groups is 1. The van der Waals surface area contributed by atoms with Crippen LogP contribution in [0.2, 0.25) is 0 Å². The van der Waals surface area contributed by atoms with Crippen molar-refractivity contribution in [2.45, 2.75) is 31.8 Å². The smallest absolute Gasteiger partial charge is 0.242 e. The van der Waals surface area contributed by atoms with Crippen LogP contribution < -0.4 is 4.90 Å². The molecule has 0 aliphatic carbocycles. The fourth-order valence-corrected chi connectivity index (χ4v) is 3.17. The van der Waals surface area contributed by atoms with E-state index >= 15 is 0 Å². The van der Waals surface area contributed by atoms with Gasteiger partial charge < -0.3 is 9.42 Å². The summed E-state index contributed by atoms with van der Waals surface area (Å²) < 4.78 is 17.5. The normalized spacial score (nSPS) is 13.6. The van der Waals surface area contributed by atoms with E-state index in [1.54, 1.807) is 24.8 Å². The average molecular weight is 320 g/mol. The highest BCUT2D eigenvalue weighted by atomic mass is 32.2. The number of benzene rings is 1. The molecule has 118 valence electrons. The van der Waals surface area contributed by atoms with Crippen LogP contribution in [0.1, 0.15) is 25.3 Å². The van der Waals surface area contributed by atoms with Crippen molar-refractivity contribution in [2.75, 3.05) is 11.4 Å². The van der Waals surface area contributed by atoms with Gasteiger partial charge in [0.15, 0.2) is 0 Å². The molecule has 0 N–H and O–H groups in total. The second-order valence-electron chi connectivity index (χ2n) is 5.02. The molecule has 0 aliphatic rings. The maximum absolute atomic E-state index is 12.6. The largest absolute Gasteiger partial charge is 0.360 e. The quantitative estimate of drug-likeness (QED) is 0.821. The van der Waals surface area contributed by atoms with E-state index in [9.17, 15) is 9.00 Å². The molecule has 1 heterocycles. The number of hydrogen-bond acceptors (Lipinski definition) is 4.